The van der Waals surface area contributed by atoms with Crippen LogP contribution in [0.1, 0.15) is 28.4 Å². The Morgan fingerprint density at radius 3 is 2.54 bits per heavy atom. The van der Waals surface area contributed by atoms with Gasteiger partial charge in [0.1, 0.15) is 12.4 Å². The van der Waals surface area contributed by atoms with Crippen molar-refractivity contribution in [2.75, 3.05) is 13.7 Å². The molecule has 0 aromatic heterocycles. The van der Waals surface area contributed by atoms with Crippen LogP contribution in [0, 0.1) is 0 Å². The minimum atomic E-state index is -0.350. The second kappa shape index (κ2) is 11.5. The topological polar surface area (TPSA) is 69.2 Å². The molecule has 0 aliphatic rings. The van der Waals surface area contributed by atoms with Crippen molar-refractivity contribution in [2.24, 2.45) is 5.10 Å². The van der Waals surface area contributed by atoms with Crippen molar-refractivity contribution < 1.29 is 19.0 Å². The van der Waals surface area contributed by atoms with Gasteiger partial charge in [-0.2, -0.15) is 5.10 Å². The third kappa shape index (κ3) is 6.00. The monoisotopic (exact) mass is 532 g/mol. The molecule has 7 heteroatoms. The molecule has 0 aliphatic heterocycles. The summed E-state index contributed by atoms with van der Waals surface area (Å²) < 4.78 is 17.6. The van der Waals surface area contributed by atoms with E-state index in [0.717, 1.165) is 21.3 Å². The number of hydrazone groups is 1. The van der Waals surface area contributed by atoms with Crippen LogP contribution in [-0.4, -0.2) is 25.8 Å². The molecule has 1 amide bonds. The first-order valence-corrected chi connectivity index (χ1v) is 11.9. The van der Waals surface area contributed by atoms with Crippen LogP contribution < -0.4 is 19.6 Å². The van der Waals surface area contributed by atoms with Gasteiger partial charge in [0.25, 0.3) is 5.91 Å². The molecule has 35 heavy (non-hydrogen) atoms. The molecule has 0 atom stereocenters. The number of carbonyl (C=O) groups is 1. The molecule has 178 valence electrons. The van der Waals surface area contributed by atoms with Crippen LogP contribution in [0.25, 0.3) is 10.8 Å². The predicted molar refractivity (Wildman–Crippen MR) is 142 cm³/mol. The number of hydrogen-bond donors (Lipinski definition) is 1. The van der Waals surface area contributed by atoms with Crippen LogP contribution in [0.3, 0.4) is 0 Å². The van der Waals surface area contributed by atoms with Crippen molar-refractivity contribution in [3.05, 3.63) is 100 Å². The molecule has 4 aromatic rings. The standard InChI is InChI=1S/C28H25BrN2O4/c1-3-34-26-14-12-21(16-27(26)33-2)28(32)31-30-17-19-11-13-25(24(29)15-19)35-18-22-9-6-8-20-7-4-5-10-23(20)22/h4-17H,3,18H2,1-2H3,(H,31,32)/b30-17+. The van der Waals surface area contributed by atoms with Crippen LogP contribution >= 0.6 is 15.9 Å². The zero-order chi connectivity index (χ0) is 24.6. The SMILES string of the molecule is CCOc1ccc(C(=O)N/N=C/c2ccc(OCc3cccc4ccccc34)c(Br)c2)cc1OC. The summed E-state index contributed by atoms with van der Waals surface area (Å²) in [6.07, 6.45) is 1.57. The van der Waals surface area contributed by atoms with E-state index in [9.17, 15) is 4.79 Å². The lowest BCUT2D eigenvalue weighted by Gasteiger charge is -2.11. The van der Waals surface area contributed by atoms with E-state index in [4.69, 9.17) is 14.2 Å². The van der Waals surface area contributed by atoms with Gasteiger partial charge >= 0.3 is 0 Å². The second-order valence-electron chi connectivity index (χ2n) is 7.61. The fraction of sp³-hybridized carbons (Fsp3) is 0.143. The molecule has 4 aromatic carbocycles. The number of nitrogens with zero attached hydrogens (tertiary/aromatic N) is 1. The molecular weight excluding hydrogens is 508 g/mol. The summed E-state index contributed by atoms with van der Waals surface area (Å²) in [4.78, 5) is 12.5. The third-order valence-corrected chi connectivity index (χ3v) is 5.94. The van der Waals surface area contributed by atoms with E-state index in [1.165, 1.54) is 17.9 Å². The maximum atomic E-state index is 12.5. The Bertz CT molecular complexity index is 1370. The van der Waals surface area contributed by atoms with Crippen molar-refractivity contribution in [2.45, 2.75) is 13.5 Å². The number of nitrogens with one attached hydrogen (secondary N) is 1. The first kappa shape index (κ1) is 24.3. The van der Waals surface area contributed by atoms with Gasteiger partial charge in [-0.25, -0.2) is 5.43 Å². The highest BCUT2D eigenvalue weighted by atomic mass is 79.9. The van der Waals surface area contributed by atoms with Gasteiger partial charge in [0.05, 0.1) is 24.4 Å². The lowest BCUT2D eigenvalue weighted by atomic mass is 10.1. The number of halogens is 1. The van der Waals surface area contributed by atoms with E-state index in [0.29, 0.717) is 30.3 Å². The number of fused-ring (bicyclic) bond motifs is 1. The molecule has 0 saturated heterocycles. The third-order valence-electron chi connectivity index (χ3n) is 5.32. The van der Waals surface area contributed by atoms with Gasteiger partial charge in [-0.05, 0) is 81.2 Å². The highest BCUT2D eigenvalue weighted by molar-refractivity contribution is 9.10. The van der Waals surface area contributed by atoms with Crippen molar-refractivity contribution in [3.8, 4) is 17.2 Å². The van der Waals surface area contributed by atoms with Crippen LogP contribution in [-0.2, 0) is 6.61 Å². The van der Waals surface area contributed by atoms with E-state index < -0.39 is 0 Å². The van der Waals surface area contributed by atoms with Gasteiger partial charge in [-0.15, -0.1) is 0 Å². The molecule has 0 aliphatic carbocycles. The smallest absolute Gasteiger partial charge is 0.271 e. The molecule has 0 heterocycles. The average molecular weight is 533 g/mol. The van der Waals surface area contributed by atoms with Crippen molar-refractivity contribution in [1.82, 2.24) is 5.43 Å². The van der Waals surface area contributed by atoms with Gasteiger partial charge in [0.2, 0.25) is 0 Å². The summed E-state index contributed by atoms with van der Waals surface area (Å²) in [5.74, 6) is 1.45. The Hall–Kier alpha value is -3.84. The normalized spacial score (nSPS) is 10.9. The number of ether oxygens (including phenoxy) is 3. The number of amides is 1. The molecule has 0 saturated carbocycles. The molecule has 1 N–H and O–H groups in total. The largest absolute Gasteiger partial charge is 0.493 e. The van der Waals surface area contributed by atoms with Gasteiger partial charge in [0, 0.05) is 5.56 Å². The van der Waals surface area contributed by atoms with Crippen LogP contribution in [0.2, 0.25) is 0 Å². The van der Waals surface area contributed by atoms with Gasteiger partial charge in [-0.1, -0.05) is 42.5 Å². The number of carbonyl (C=O) groups excluding carboxylic acids is 1. The van der Waals surface area contributed by atoms with Gasteiger partial charge in [0.15, 0.2) is 11.5 Å². The first-order valence-electron chi connectivity index (χ1n) is 11.1. The number of methoxy groups -OCH3 is 1. The predicted octanol–water partition coefficient (Wildman–Crippen LogP) is 6.35. The summed E-state index contributed by atoms with van der Waals surface area (Å²) in [7, 11) is 1.53. The fourth-order valence-electron chi connectivity index (χ4n) is 3.60. The molecule has 0 radical (unpaired) electrons. The van der Waals surface area contributed by atoms with Crippen LogP contribution in [0.15, 0.2) is 88.4 Å². The lowest BCUT2D eigenvalue weighted by molar-refractivity contribution is 0.0954. The summed E-state index contributed by atoms with van der Waals surface area (Å²) in [6, 6.07) is 25.1. The number of rotatable bonds is 9. The second-order valence-corrected chi connectivity index (χ2v) is 8.47. The van der Waals surface area contributed by atoms with E-state index in [1.807, 2.05) is 43.3 Å². The quantitative estimate of drug-likeness (QED) is 0.201. The van der Waals surface area contributed by atoms with E-state index in [-0.39, 0.29) is 5.91 Å². The molecule has 0 unspecified atom stereocenters. The molecule has 4 rings (SSSR count). The van der Waals surface area contributed by atoms with Crippen molar-refractivity contribution in [3.63, 3.8) is 0 Å². The minimum absolute atomic E-state index is 0.350. The van der Waals surface area contributed by atoms with Gasteiger partial charge in [-0.3, -0.25) is 4.79 Å². The molecule has 0 bridgehead atoms. The van der Waals surface area contributed by atoms with Crippen molar-refractivity contribution in [1.29, 1.82) is 0 Å². The number of benzene rings is 4. The zero-order valence-electron chi connectivity index (χ0n) is 19.5. The molecule has 0 fully saturated rings. The summed E-state index contributed by atoms with van der Waals surface area (Å²) in [5, 5.41) is 6.43. The Morgan fingerprint density at radius 2 is 1.74 bits per heavy atom. The maximum absolute atomic E-state index is 12.5. The van der Waals surface area contributed by atoms with Gasteiger partial charge < -0.3 is 14.2 Å². The Labute approximate surface area is 212 Å². The highest BCUT2D eigenvalue weighted by Gasteiger charge is 2.11. The molecular formula is C28H25BrN2O4. The van der Waals surface area contributed by atoms with E-state index >= 15 is 0 Å². The van der Waals surface area contributed by atoms with Crippen molar-refractivity contribution >= 4 is 38.8 Å². The Morgan fingerprint density at radius 1 is 0.943 bits per heavy atom. The van der Waals surface area contributed by atoms with E-state index in [1.54, 1.807) is 24.4 Å². The maximum Gasteiger partial charge on any atom is 0.271 e. The summed E-state index contributed by atoms with van der Waals surface area (Å²) in [5.41, 5.74) is 4.88. The fourth-order valence-corrected chi connectivity index (χ4v) is 4.11. The zero-order valence-corrected chi connectivity index (χ0v) is 21.0. The van der Waals surface area contributed by atoms with Crippen LogP contribution in [0.4, 0.5) is 0 Å². The lowest BCUT2D eigenvalue weighted by Crippen LogP contribution is -2.17. The highest BCUT2D eigenvalue weighted by Crippen LogP contribution is 2.29. The molecule has 0 spiro atoms. The summed E-state index contributed by atoms with van der Waals surface area (Å²) >= 11 is 3.56. The minimum Gasteiger partial charge on any atom is -0.493 e. The molecule has 6 nitrogen and oxygen atoms in total. The van der Waals surface area contributed by atoms with E-state index in [2.05, 4.69) is 50.7 Å². The average Bonchev–Trinajstić information content (AvgIpc) is 2.88. The Kier molecular flexibility index (Phi) is 8.00. The number of hydrogen-bond acceptors (Lipinski definition) is 5. The first-order chi connectivity index (χ1) is 17.1. The summed E-state index contributed by atoms with van der Waals surface area (Å²) in [6.45, 7) is 2.85. The Balaban J connectivity index is 1.38. The van der Waals surface area contributed by atoms with Crippen LogP contribution in [0.5, 0.6) is 17.2 Å².